The molecule has 24 heavy (non-hydrogen) atoms. The summed E-state index contributed by atoms with van der Waals surface area (Å²) in [7, 11) is 0. The van der Waals surface area contributed by atoms with Gasteiger partial charge in [0.05, 0.1) is 4.47 Å². The van der Waals surface area contributed by atoms with E-state index < -0.39 is 45.8 Å². The molecule has 0 unspecified atom stereocenters. The zero-order chi connectivity index (χ0) is 18.3. The lowest BCUT2D eigenvalue weighted by Gasteiger charge is -2.16. The zero-order valence-corrected chi connectivity index (χ0v) is 15.1. The Morgan fingerprint density at radius 3 is 2.21 bits per heavy atom. The number of aromatic amines is 1. The molecular formula is C14H10Br2N2O6. The molecule has 0 fully saturated rings. The number of hydrogen-bond donors (Lipinski definition) is 5. The molecule has 0 spiro atoms. The van der Waals surface area contributed by atoms with Gasteiger partial charge in [0.1, 0.15) is 22.7 Å². The van der Waals surface area contributed by atoms with Crippen molar-refractivity contribution in [1.29, 1.82) is 0 Å². The fraction of sp³-hybridized carbons (Fsp3) is 0.0714. The number of pyridine rings is 1. The Kier molecular flexibility index (Phi) is 4.72. The molecule has 0 aliphatic heterocycles. The second kappa shape index (κ2) is 6.29. The molecule has 2 aromatic rings. The molecule has 8 nitrogen and oxygen atoms in total. The first-order valence-electron chi connectivity index (χ1n) is 6.28. The monoisotopic (exact) mass is 460 g/mol. The van der Waals surface area contributed by atoms with Crippen LogP contribution in [0.5, 0.6) is 5.75 Å². The minimum absolute atomic E-state index is 0.160. The molecule has 0 atom stereocenters. The third kappa shape index (κ3) is 2.78. The van der Waals surface area contributed by atoms with Gasteiger partial charge in [-0.2, -0.15) is 0 Å². The number of phenolic OH excluding ortho intramolecular Hbond substituents is 1. The van der Waals surface area contributed by atoms with Crippen LogP contribution >= 0.6 is 31.9 Å². The molecule has 0 amide bonds. The van der Waals surface area contributed by atoms with Crippen LogP contribution < -0.4 is 11.3 Å². The van der Waals surface area contributed by atoms with E-state index in [-0.39, 0.29) is 10.0 Å². The summed E-state index contributed by atoms with van der Waals surface area (Å²) in [4.78, 5) is 37.0. The molecule has 0 radical (unpaired) electrons. The van der Waals surface area contributed by atoms with E-state index in [9.17, 15) is 29.7 Å². The van der Waals surface area contributed by atoms with Gasteiger partial charge < -0.3 is 26.0 Å². The minimum atomic E-state index is -1.65. The SMILES string of the molecule is Cc1c(Br)cc(-c2c(C(=O)O)c(N)[nH]c(=O)c2C(=O)O)c(O)c1Br. The van der Waals surface area contributed by atoms with E-state index in [2.05, 4.69) is 31.9 Å². The Morgan fingerprint density at radius 1 is 1.17 bits per heavy atom. The van der Waals surface area contributed by atoms with E-state index in [4.69, 9.17) is 5.73 Å². The van der Waals surface area contributed by atoms with Gasteiger partial charge in [-0.3, -0.25) is 4.79 Å². The fourth-order valence-corrected chi connectivity index (χ4v) is 3.33. The van der Waals surface area contributed by atoms with Crippen molar-refractivity contribution in [2.45, 2.75) is 6.92 Å². The molecule has 0 saturated heterocycles. The Labute approximate surface area is 151 Å². The number of carboxylic acid groups (broad SMARTS) is 2. The van der Waals surface area contributed by atoms with Crippen molar-refractivity contribution in [1.82, 2.24) is 4.98 Å². The van der Waals surface area contributed by atoms with Crippen molar-refractivity contribution in [3.63, 3.8) is 0 Å². The summed E-state index contributed by atoms with van der Waals surface area (Å²) in [6.07, 6.45) is 0. The number of carboxylic acids is 2. The fourth-order valence-electron chi connectivity index (χ4n) is 2.21. The number of H-pyrrole nitrogens is 1. The summed E-state index contributed by atoms with van der Waals surface area (Å²) in [5.74, 6) is -4.13. The predicted molar refractivity (Wildman–Crippen MR) is 92.6 cm³/mol. The van der Waals surface area contributed by atoms with Crippen molar-refractivity contribution in [2.75, 3.05) is 5.73 Å². The lowest BCUT2D eigenvalue weighted by molar-refractivity contribution is 0.0695. The molecule has 0 aliphatic carbocycles. The smallest absolute Gasteiger partial charge is 0.342 e. The highest BCUT2D eigenvalue weighted by molar-refractivity contribution is 9.11. The maximum absolute atomic E-state index is 12.0. The van der Waals surface area contributed by atoms with Gasteiger partial charge in [-0.25, -0.2) is 9.59 Å². The summed E-state index contributed by atoms with van der Waals surface area (Å²) < 4.78 is 0.687. The molecular weight excluding hydrogens is 452 g/mol. The van der Waals surface area contributed by atoms with Crippen LogP contribution in [0.4, 0.5) is 5.82 Å². The molecule has 10 heteroatoms. The standard InChI is InChI=1S/C14H10Br2N2O6/c1-3-5(15)2-4(10(19)9(3)16)6-7(13(21)22)11(17)18-12(20)8(6)14(23)24/h2,19H,1H3,(H,21,22)(H,23,24)(H3,17,18,20). The molecule has 1 heterocycles. The van der Waals surface area contributed by atoms with Crippen LogP contribution in [0, 0.1) is 6.92 Å². The zero-order valence-electron chi connectivity index (χ0n) is 12.0. The second-order valence-corrected chi connectivity index (χ2v) is 6.44. The summed E-state index contributed by atoms with van der Waals surface area (Å²) in [6, 6.07) is 1.32. The molecule has 0 bridgehead atoms. The number of nitrogen functional groups attached to an aromatic ring is 1. The van der Waals surface area contributed by atoms with Crippen molar-refractivity contribution in [3.8, 4) is 16.9 Å². The molecule has 126 valence electrons. The van der Waals surface area contributed by atoms with Crippen molar-refractivity contribution < 1.29 is 24.9 Å². The van der Waals surface area contributed by atoms with Crippen LogP contribution in [0.2, 0.25) is 0 Å². The van der Waals surface area contributed by atoms with E-state index in [0.29, 0.717) is 10.0 Å². The molecule has 1 aromatic heterocycles. The normalized spacial score (nSPS) is 10.6. The number of rotatable bonds is 3. The number of nitrogens with two attached hydrogens (primary N) is 1. The average molecular weight is 462 g/mol. The van der Waals surface area contributed by atoms with E-state index in [1.54, 1.807) is 6.92 Å². The Bertz CT molecular complexity index is 952. The van der Waals surface area contributed by atoms with Crippen LogP contribution in [0.25, 0.3) is 11.1 Å². The summed E-state index contributed by atoms with van der Waals surface area (Å²) in [6.45, 7) is 1.67. The topological polar surface area (TPSA) is 154 Å². The average Bonchev–Trinajstić information content (AvgIpc) is 2.47. The summed E-state index contributed by atoms with van der Waals surface area (Å²) >= 11 is 6.38. The second-order valence-electron chi connectivity index (χ2n) is 4.80. The number of nitrogens with one attached hydrogen (secondary N) is 1. The van der Waals surface area contributed by atoms with Gasteiger partial charge in [0.25, 0.3) is 5.56 Å². The molecule has 0 aliphatic rings. The number of halogens is 2. The summed E-state index contributed by atoms with van der Waals surface area (Å²) in [5, 5.41) is 29.1. The van der Waals surface area contributed by atoms with Crippen LogP contribution in [0.1, 0.15) is 26.3 Å². The Hall–Kier alpha value is -2.33. The summed E-state index contributed by atoms with van der Waals surface area (Å²) in [5.41, 5.74) is 2.98. The first-order valence-corrected chi connectivity index (χ1v) is 7.86. The number of aromatic carboxylic acids is 2. The van der Waals surface area contributed by atoms with Gasteiger partial charge in [0.2, 0.25) is 0 Å². The number of aromatic hydroxyl groups is 1. The highest BCUT2D eigenvalue weighted by atomic mass is 79.9. The van der Waals surface area contributed by atoms with Crippen molar-refractivity contribution in [3.05, 3.63) is 42.1 Å². The molecule has 2 rings (SSSR count). The minimum Gasteiger partial charge on any atom is -0.506 e. The highest BCUT2D eigenvalue weighted by Crippen LogP contribution is 2.43. The third-order valence-corrected chi connectivity index (χ3v) is 5.16. The number of hydrogen-bond acceptors (Lipinski definition) is 5. The predicted octanol–water partition coefficient (Wildman–Crippen LogP) is 2.56. The van der Waals surface area contributed by atoms with Gasteiger partial charge >= 0.3 is 11.9 Å². The van der Waals surface area contributed by atoms with E-state index in [1.165, 1.54) is 6.07 Å². The van der Waals surface area contributed by atoms with Crippen LogP contribution in [0.3, 0.4) is 0 Å². The third-order valence-electron chi connectivity index (χ3n) is 3.36. The van der Waals surface area contributed by atoms with Gasteiger partial charge in [-0.1, -0.05) is 15.9 Å². The van der Waals surface area contributed by atoms with Crippen molar-refractivity contribution >= 4 is 49.6 Å². The number of benzene rings is 1. The molecule has 6 N–H and O–H groups in total. The number of anilines is 1. The number of aromatic nitrogens is 1. The van der Waals surface area contributed by atoms with E-state index in [1.807, 2.05) is 4.98 Å². The Morgan fingerprint density at radius 2 is 1.71 bits per heavy atom. The van der Waals surface area contributed by atoms with Gasteiger partial charge in [-0.15, -0.1) is 0 Å². The van der Waals surface area contributed by atoms with Gasteiger partial charge in [0, 0.05) is 15.6 Å². The molecule has 0 saturated carbocycles. The van der Waals surface area contributed by atoms with E-state index >= 15 is 0 Å². The quantitative estimate of drug-likeness (QED) is 0.470. The largest absolute Gasteiger partial charge is 0.506 e. The van der Waals surface area contributed by atoms with Crippen LogP contribution in [0.15, 0.2) is 19.8 Å². The van der Waals surface area contributed by atoms with Crippen LogP contribution in [-0.2, 0) is 0 Å². The maximum Gasteiger partial charge on any atom is 0.342 e. The van der Waals surface area contributed by atoms with Crippen LogP contribution in [-0.4, -0.2) is 32.2 Å². The van der Waals surface area contributed by atoms with Gasteiger partial charge in [-0.05, 0) is 34.5 Å². The first kappa shape index (κ1) is 18.0. The Balaban J connectivity index is 3.12. The van der Waals surface area contributed by atoms with Crippen molar-refractivity contribution in [2.24, 2.45) is 0 Å². The lowest BCUT2D eigenvalue weighted by atomic mass is 9.94. The first-order chi connectivity index (χ1) is 11.1. The number of phenols is 1. The highest BCUT2D eigenvalue weighted by Gasteiger charge is 2.29. The van der Waals surface area contributed by atoms with E-state index in [0.717, 1.165) is 0 Å². The van der Waals surface area contributed by atoms with Gasteiger partial charge in [0.15, 0.2) is 0 Å². The lowest BCUT2D eigenvalue weighted by Crippen LogP contribution is -2.24. The number of carbonyl (C=O) groups is 2. The molecule has 1 aromatic carbocycles. The maximum atomic E-state index is 12.0.